The van der Waals surface area contributed by atoms with Gasteiger partial charge in [0, 0.05) is 11.8 Å². The van der Waals surface area contributed by atoms with E-state index < -0.39 is 0 Å². The molecule has 0 saturated heterocycles. The van der Waals surface area contributed by atoms with Gasteiger partial charge >= 0.3 is 0 Å². The number of nitrogens with zero attached hydrogens (tertiary/aromatic N) is 2. The van der Waals surface area contributed by atoms with E-state index in [2.05, 4.69) is 23.8 Å². The highest BCUT2D eigenvalue weighted by molar-refractivity contribution is 5.11. The molecule has 3 nitrogen and oxygen atoms in total. The number of hydrogen-bond acceptors (Lipinski definition) is 3. The molecular weight excluding hydrogens is 152 g/mol. The number of hydrogen-bond donors (Lipinski definition) is 0. The quantitative estimate of drug-likeness (QED) is 0.687. The Kier molecular flexibility index (Phi) is 3.02. The van der Waals surface area contributed by atoms with Gasteiger partial charge in [0.1, 0.15) is 6.33 Å². The minimum Gasteiger partial charge on any atom is -0.477 e. The molecule has 1 aromatic heterocycles. The largest absolute Gasteiger partial charge is 0.477 e. The Balaban J connectivity index is 2.52. The van der Waals surface area contributed by atoms with Crippen LogP contribution in [0.2, 0.25) is 0 Å². The molecule has 1 aromatic rings. The standard InChI is InChI=1S/C9H14N2O/c1-7(2)5-12-9-4-8(3)10-6-11-9/h4,6-7H,5H2,1-3H3. The van der Waals surface area contributed by atoms with E-state index in [9.17, 15) is 0 Å². The SMILES string of the molecule is Cc1cc(OCC(C)C)ncn1. The van der Waals surface area contributed by atoms with Crippen molar-refractivity contribution < 1.29 is 4.74 Å². The van der Waals surface area contributed by atoms with E-state index in [0.29, 0.717) is 18.4 Å². The first-order valence-electron chi connectivity index (χ1n) is 4.10. The topological polar surface area (TPSA) is 35.0 Å². The average molecular weight is 166 g/mol. The zero-order chi connectivity index (χ0) is 8.97. The van der Waals surface area contributed by atoms with Crippen LogP contribution in [0.25, 0.3) is 0 Å². The lowest BCUT2D eigenvalue weighted by Crippen LogP contribution is -2.05. The highest BCUT2D eigenvalue weighted by atomic mass is 16.5. The maximum absolute atomic E-state index is 5.40. The van der Waals surface area contributed by atoms with E-state index in [0.717, 1.165) is 5.69 Å². The summed E-state index contributed by atoms with van der Waals surface area (Å²) in [5, 5.41) is 0. The summed E-state index contributed by atoms with van der Waals surface area (Å²) in [6.45, 7) is 6.84. The molecule has 12 heavy (non-hydrogen) atoms. The predicted octanol–water partition coefficient (Wildman–Crippen LogP) is 1.82. The molecule has 66 valence electrons. The normalized spacial score (nSPS) is 10.3. The molecule has 0 aliphatic rings. The number of aryl methyl sites for hydroxylation is 1. The van der Waals surface area contributed by atoms with Gasteiger partial charge in [0.25, 0.3) is 0 Å². The second-order valence-electron chi connectivity index (χ2n) is 3.20. The fourth-order valence-corrected chi connectivity index (χ4v) is 0.761. The molecule has 0 N–H and O–H groups in total. The van der Waals surface area contributed by atoms with Gasteiger partial charge in [-0.2, -0.15) is 0 Å². The summed E-state index contributed by atoms with van der Waals surface area (Å²) >= 11 is 0. The van der Waals surface area contributed by atoms with Crippen molar-refractivity contribution >= 4 is 0 Å². The molecule has 0 aromatic carbocycles. The van der Waals surface area contributed by atoms with Crippen LogP contribution in [0.1, 0.15) is 19.5 Å². The van der Waals surface area contributed by atoms with Gasteiger partial charge in [-0.1, -0.05) is 13.8 Å². The first-order valence-corrected chi connectivity index (χ1v) is 4.10. The van der Waals surface area contributed by atoms with Crippen molar-refractivity contribution in [3.8, 4) is 5.88 Å². The third-order valence-electron chi connectivity index (χ3n) is 1.34. The molecule has 1 rings (SSSR count). The summed E-state index contributed by atoms with van der Waals surface area (Å²) < 4.78 is 5.40. The Hall–Kier alpha value is -1.12. The molecule has 0 fully saturated rings. The minimum absolute atomic E-state index is 0.528. The van der Waals surface area contributed by atoms with Crippen molar-refractivity contribution in [1.82, 2.24) is 9.97 Å². The zero-order valence-electron chi connectivity index (χ0n) is 7.74. The molecule has 0 amide bonds. The van der Waals surface area contributed by atoms with Crippen LogP contribution >= 0.6 is 0 Å². The van der Waals surface area contributed by atoms with Gasteiger partial charge in [-0.3, -0.25) is 0 Å². The van der Waals surface area contributed by atoms with Crippen LogP contribution in [-0.4, -0.2) is 16.6 Å². The molecule has 0 saturated carbocycles. The van der Waals surface area contributed by atoms with Crippen LogP contribution in [0.3, 0.4) is 0 Å². The van der Waals surface area contributed by atoms with E-state index in [1.165, 1.54) is 6.33 Å². The summed E-state index contributed by atoms with van der Waals surface area (Å²) in [4.78, 5) is 7.95. The maximum atomic E-state index is 5.40. The molecule has 0 atom stereocenters. The highest BCUT2D eigenvalue weighted by Crippen LogP contribution is 2.06. The molecule has 0 spiro atoms. The van der Waals surface area contributed by atoms with Gasteiger partial charge < -0.3 is 4.74 Å². The van der Waals surface area contributed by atoms with Crippen molar-refractivity contribution in [2.45, 2.75) is 20.8 Å². The van der Waals surface area contributed by atoms with Crippen LogP contribution < -0.4 is 4.74 Å². The van der Waals surface area contributed by atoms with Crippen LogP contribution in [0.5, 0.6) is 5.88 Å². The lowest BCUT2D eigenvalue weighted by molar-refractivity contribution is 0.260. The highest BCUT2D eigenvalue weighted by Gasteiger charge is 1.97. The third kappa shape index (κ3) is 2.86. The Morgan fingerprint density at radius 1 is 1.42 bits per heavy atom. The van der Waals surface area contributed by atoms with Gasteiger partial charge in [0.15, 0.2) is 0 Å². The fraction of sp³-hybridized carbons (Fsp3) is 0.556. The van der Waals surface area contributed by atoms with E-state index in [4.69, 9.17) is 4.74 Å². The van der Waals surface area contributed by atoms with Gasteiger partial charge in [0.2, 0.25) is 5.88 Å². The molecular formula is C9H14N2O. The third-order valence-corrected chi connectivity index (χ3v) is 1.34. The number of ether oxygens (including phenoxy) is 1. The summed E-state index contributed by atoms with van der Waals surface area (Å²) in [5.74, 6) is 1.19. The smallest absolute Gasteiger partial charge is 0.216 e. The van der Waals surface area contributed by atoms with Crippen LogP contribution in [0, 0.1) is 12.8 Å². The van der Waals surface area contributed by atoms with Crippen molar-refractivity contribution in [3.05, 3.63) is 18.1 Å². The first-order chi connectivity index (χ1) is 5.68. The van der Waals surface area contributed by atoms with Gasteiger partial charge in [-0.15, -0.1) is 0 Å². The van der Waals surface area contributed by atoms with E-state index in [1.807, 2.05) is 13.0 Å². The van der Waals surface area contributed by atoms with Crippen LogP contribution in [-0.2, 0) is 0 Å². The Bertz CT molecular complexity index is 248. The second kappa shape index (κ2) is 4.04. The molecule has 3 heteroatoms. The summed E-state index contributed by atoms with van der Waals surface area (Å²) in [6.07, 6.45) is 1.52. The van der Waals surface area contributed by atoms with Gasteiger partial charge in [-0.25, -0.2) is 9.97 Å². The molecule has 0 aliphatic heterocycles. The molecule has 0 radical (unpaired) electrons. The second-order valence-corrected chi connectivity index (χ2v) is 3.20. The van der Waals surface area contributed by atoms with Crippen molar-refractivity contribution in [2.75, 3.05) is 6.61 Å². The zero-order valence-corrected chi connectivity index (χ0v) is 7.74. The maximum Gasteiger partial charge on any atom is 0.216 e. The lowest BCUT2D eigenvalue weighted by atomic mass is 10.2. The van der Waals surface area contributed by atoms with Crippen molar-refractivity contribution in [2.24, 2.45) is 5.92 Å². The average Bonchev–Trinajstić information content (AvgIpc) is 2.01. The Morgan fingerprint density at radius 3 is 2.75 bits per heavy atom. The van der Waals surface area contributed by atoms with Crippen LogP contribution in [0.4, 0.5) is 0 Å². The Labute approximate surface area is 72.8 Å². The van der Waals surface area contributed by atoms with E-state index in [1.54, 1.807) is 0 Å². The van der Waals surface area contributed by atoms with E-state index in [-0.39, 0.29) is 0 Å². The molecule has 0 unspecified atom stereocenters. The fourth-order valence-electron chi connectivity index (χ4n) is 0.761. The van der Waals surface area contributed by atoms with Crippen molar-refractivity contribution in [3.63, 3.8) is 0 Å². The summed E-state index contributed by atoms with van der Waals surface area (Å²) in [7, 11) is 0. The molecule has 0 aliphatic carbocycles. The van der Waals surface area contributed by atoms with Crippen LogP contribution in [0.15, 0.2) is 12.4 Å². The lowest BCUT2D eigenvalue weighted by Gasteiger charge is -2.06. The monoisotopic (exact) mass is 166 g/mol. The Morgan fingerprint density at radius 2 is 2.17 bits per heavy atom. The van der Waals surface area contributed by atoms with Gasteiger partial charge in [-0.05, 0) is 12.8 Å². The van der Waals surface area contributed by atoms with Gasteiger partial charge in [0.05, 0.1) is 6.61 Å². The molecule has 0 bridgehead atoms. The summed E-state index contributed by atoms with van der Waals surface area (Å²) in [6, 6.07) is 1.84. The van der Waals surface area contributed by atoms with Crippen molar-refractivity contribution in [1.29, 1.82) is 0 Å². The number of aromatic nitrogens is 2. The minimum atomic E-state index is 0.528. The van der Waals surface area contributed by atoms with E-state index >= 15 is 0 Å². The molecule has 1 heterocycles. The number of rotatable bonds is 3. The first kappa shape index (κ1) is 8.97. The predicted molar refractivity (Wildman–Crippen MR) is 47.1 cm³/mol. The summed E-state index contributed by atoms with van der Waals surface area (Å²) in [5.41, 5.74) is 0.934.